The maximum atomic E-state index is 5.97. The highest BCUT2D eigenvalue weighted by atomic mass is 14.9. The highest BCUT2D eigenvalue weighted by Crippen LogP contribution is 2.17. The number of rotatable bonds is 8. The van der Waals surface area contributed by atoms with Crippen LogP contribution in [0.15, 0.2) is 0 Å². The van der Waals surface area contributed by atoms with Crippen molar-refractivity contribution in [2.75, 3.05) is 13.1 Å². The van der Waals surface area contributed by atoms with Crippen LogP contribution in [-0.4, -0.2) is 19.1 Å². The normalized spacial score (nSPS) is 14.4. The Bertz CT molecular complexity index is 132. The Hall–Kier alpha value is -0.0800. The number of unbranched alkanes of at least 4 members (excludes halogenated alkanes) is 1. The molecule has 2 nitrogen and oxygen atoms in total. The molecule has 0 aliphatic heterocycles. The topological polar surface area (TPSA) is 38.0 Å². The zero-order valence-electron chi connectivity index (χ0n) is 10.4. The van der Waals surface area contributed by atoms with E-state index in [9.17, 15) is 0 Å². The van der Waals surface area contributed by atoms with E-state index in [-0.39, 0.29) is 0 Å². The highest BCUT2D eigenvalue weighted by molar-refractivity contribution is 4.72. The van der Waals surface area contributed by atoms with Crippen molar-refractivity contribution < 1.29 is 0 Å². The van der Waals surface area contributed by atoms with Gasteiger partial charge in [-0.3, -0.25) is 0 Å². The largest absolute Gasteiger partial charge is 0.327 e. The van der Waals surface area contributed by atoms with E-state index >= 15 is 0 Å². The van der Waals surface area contributed by atoms with Crippen molar-refractivity contribution in [1.82, 2.24) is 5.32 Å². The Morgan fingerprint density at radius 2 is 1.93 bits per heavy atom. The van der Waals surface area contributed by atoms with E-state index in [0.29, 0.717) is 11.5 Å². The van der Waals surface area contributed by atoms with Crippen molar-refractivity contribution in [1.29, 1.82) is 0 Å². The summed E-state index contributed by atoms with van der Waals surface area (Å²) in [5.74, 6) is 0. The van der Waals surface area contributed by atoms with Crippen molar-refractivity contribution in [3.8, 4) is 0 Å². The highest BCUT2D eigenvalue weighted by Gasteiger charge is 2.14. The van der Waals surface area contributed by atoms with Crippen molar-refractivity contribution in [3.05, 3.63) is 0 Å². The van der Waals surface area contributed by atoms with Crippen LogP contribution in [0, 0.1) is 5.41 Å². The third kappa shape index (κ3) is 7.34. The quantitative estimate of drug-likeness (QED) is 0.632. The molecule has 0 aliphatic carbocycles. The number of nitrogens with one attached hydrogen (secondary N) is 1. The lowest BCUT2D eigenvalue weighted by Gasteiger charge is -2.24. The fraction of sp³-hybridized carbons (Fsp3) is 1.00. The summed E-state index contributed by atoms with van der Waals surface area (Å²) < 4.78 is 0. The molecule has 0 amide bonds. The Morgan fingerprint density at radius 3 is 2.43 bits per heavy atom. The molecule has 0 radical (unpaired) electrons. The molecule has 0 saturated heterocycles. The Morgan fingerprint density at radius 1 is 1.29 bits per heavy atom. The first-order valence-electron chi connectivity index (χ1n) is 5.98. The van der Waals surface area contributed by atoms with Crippen LogP contribution in [0.25, 0.3) is 0 Å². The zero-order chi connectivity index (χ0) is 11.0. The lowest BCUT2D eigenvalue weighted by atomic mass is 9.90. The van der Waals surface area contributed by atoms with E-state index in [2.05, 4.69) is 33.0 Å². The van der Waals surface area contributed by atoms with Crippen LogP contribution in [0.5, 0.6) is 0 Å². The molecular formula is C12H28N2. The molecule has 0 aliphatic rings. The predicted octanol–water partition coefficient (Wildman–Crippen LogP) is 2.53. The minimum Gasteiger partial charge on any atom is -0.327 e. The van der Waals surface area contributed by atoms with Gasteiger partial charge in [0.2, 0.25) is 0 Å². The van der Waals surface area contributed by atoms with Crippen molar-refractivity contribution in [3.63, 3.8) is 0 Å². The third-order valence-corrected chi connectivity index (χ3v) is 2.90. The number of hydrogen-bond donors (Lipinski definition) is 2. The van der Waals surface area contributed by atoms with Crippen LogP contribution in [0.2, 0.25) is 0 Å². The minimum atomic E-state index is 0.336. The van der Waals surface area contributed by atoms with Gasteiger partial charge in [0.15, 0.2) is 0 Å². The van der Waals surface area contributed by atoms with Crippen molar-refractivity contribution in [2.45, 2.75) is 59.4 Å². The summed E-state index contributed by atoms with van der Waals surface area (Å²) in [5, 5.41) is 3.46. The Kier molecular flexibility index (Phi) is 7.20. The molecule has 3 N–H and O–H groups in total. The summed E-state index contributed by atoms with van der Waals surface area (Å²) in [4.78, 5) is 0. The fourth-order valence-electron chi connectivity index (χ4n) is 1.29. The molecule has 0 bridgehead atoms. The van der Waals surface area contributed by atoms with Crippen LogP contribution in [-0.2, 0) is 0 Å². The van der Waals surface area contributed by atoms with Gasteiger partial charge in [0.25, 0.3) is 0 Å². The van der Waals surface area contributed by atoms with Crippen LogP contribution in [0.1, 0.15) is 53.4 Å². The molecule has 0 fully saturated rings. The summed E-state index contributed by atoms with van der Waals surface area (Å²) >= 11 is 0. The van der Waals surface area contributed by atoms with Gasteiger partial charge < -0.3 is 11.1 Å². The van der Waals surface area contributed by atoms with Gasteiger partial charge in [-0.15, -0.1) is 0 Å². The van der Waals surface area contributed by atoms with Crippen LogP contribution < -0.4 is 11.1 Å². The van der Waals surface area contributed by atoms with E-state index < -0.39 is 0 Å². The monoisotopic (exact) mass is 200 g/mol. The molecule has 1 atom stereocenters. The molecular weight excluding hydrogens is 172 g/mol. The van der Waals surface area contributed by atoms with Gasteiger partial charge in [0.05, 0.1) is 0 Å². The first-order valence-corrected chi connectivity index (χ1v) is 5.98. The van der Waals surface area contributed by atoms with E-state index in [1.807, 2.05) is 0 Å². The van der Waals surface area contributed by atoms with Gasteiger partial charge in [-0.25, -0.2) is 0 Å². The second-order valence-electron chi connectivity index (χ2n) is 5.05. The van der Waals surface area contributed by atoms with Crippen LogP contribution >= 0.6 is 0 Å². The maximum Gasteiger partial charge on any atom is 0.0165 e. The number of nitrogens with two attached hydrogens (primary N) is 1. The SMILES string of the molecule is CCCCC(N)CNCC(C)(C)CC. The molecule has 0 aromatic carbocycles. The predicted molar refractivity (Wildman–Crippen MR) is 64.4 cm³/mol. The lowest BCUT2D eigenvalue weighted by Crippen LogP contribution is -2.38. The van der Waals surface area contributed by atoms with Gasteiger partial charge in [-0.1, -0.05) is 40.5 Å². The second kappa shape index (κ2) is 7.24. The molecule has 0 saturated carbocycles. The standard InChI is InChI=1S/C12H28N2/c1-5-7-8-11(13)9-14-10-12(3,4)6-2/h11,14H,5-10,13H2,1-4H3. The number of hydrogen-bond acceptors (Lipinski definition) is 2. The van der Waals surface area contributed by atoms with Crippen LogP contribution in [0.4, 0.5) is 0 Å². The molecule has 14 heavy (non-hydrogen) atoms. The van der Waals surface area contributed by atoms with Crippen molar-refractivity contribution in [2.24, 2.45) is 11.1 Å². The summed E-state index contributed by atoms with van der Waals surface area (Å²) in [6, 6.07) is 0.336. The summed E-state index contributed by atoms with van der Waals surface area (Å²) in [6.07, 6.45) is 4.86. The Balaban J connectivity index is 3.43. The lowest BCUT2D eigenvalue weighted by molar-refractivity contribution is 0.322. The molecule has 0 aromatic heterocycles. The molecule has 0 heterocycles. The van der Waals surface area contributed by atoms with E-state index in [0.717, 1.165) is 19.5 Å². The first-order chi connectivity index (χ1) is 6.52. The van der Waals surface area contributed by atoms with E-state index in [1.54, 1.807) is 0 Å². The summed E-state index contributed by atoms with van der Waals surface area (Å²) in [7, 11) is 0. The van der Waals surface area contributed by atoms with E-state index in [4.69, 9.17) is 5.73 Å². The minimum absolute atomic E-state index is 0.336. The van der Waals surface area contributed by atoms with Gasteiger partial charge in [-0.2, -0.15) is 0 Å². The average Bonchev–Trinajstić information content (AvgIpc) is 2.14. The summed E-state index contributed by atoms with van der Waals surface area (Å²) in [6.45, 7) is 11.1. The maximum absolute atomic E-state index is 5.97. The van der Waals surface area contributed by atoms with Gasteiger partial charge in [0.1, 0.15) is 0 Å². The molecule has 86 valence electrons. The smallest absolute Gasteiger partial charge is 0.0165 e. The first kappa shape index (κ1) is 13.9. The molecule has 0 aromatic rings. The average molecular weight is 200 g/mol. The van der Waals surface area contributed by atoms with Crippen molar-refractivity contribution >= 4 is 0 Å². The van der Waals surface area contributed by atoms with Gasteiger partial charge >= 0.3 is 0 Å². The van der Waals surface area contributed by atoms with Crippen LogP contribution in [0.3, 0.4) is 0 Å². The van der Waals surface area contributed by atoms with Gasteiger partial charge in [-0.05, 0) is 18.3 Å². The molecule has 2 heteroatoms. The second-order valence-corrected chi connectivity index (χ2v) is 5.05. The fourth-order valence-corrected chi connectivity index (χ4v) is 1.29. The van der Waals surface area contributed by atoms with E-state index in [1.165, 1.54) is 19.3 Å². The molecule has 1 unspecified atom stereocenters. The molecule has 0 spiro atoms. The van der Waals surface area contributed by atoms with Gasteiger partial charge in [0, 0.05) is 19.1 Å². The molecule has 0 rings (SSSR count). The Labute approximate surface area is 89.6 Å². The zero-order valence-corrected chi connectivity index (χ0v) is 10.4. The third-order valence-electron chi connectivity index (χ3n) is 2.90. The summed E-state index contributed by atoms with van der Waals surface area (Å²) in [5.41, 5.74) is 6.38.